The van der Waals surface area contributed by atoms with E-state index in [-0.39, 0.29) is 22.8 Å². The van der Waals surface area contributed by atoms with Crippen LogP contribution in [0.4, 0.5) is 8.78 Å². The molecular weight excluding hydrogens is 304 g/mol. The zero-order chi connectivity index (χ0) is 15.9. The molecule has 2 nitrogen and oxygen atoms in total. The van der Waals surface area contributed by atoms with Crippen LogP contribution in [0.15, 0.2) is 53.4 Å². The van der Waals surface area contributed by atoms with Crippen LogP contribution < -0.4 is 5.32 Å². The fraction of sp³-hybridized carbons (Fsp3) is 0.235. The van der Waals surface area contributed by atoms with E-state index in [2.05, 4.69) is 5.32 Å². The molecule has 0 aliphatic heterocycles. The van der Waals surface area contributed by atoms with Gasteiger partial charge in [-0.1, -0.05) is 12.1 Å². The van der Waals surface area contributed by atoms with Gasteiger partial charge in [-0.15, -0.1) is 11.8 Å². The van der Waals surface area contributed by atoms with E-state index in [9.17, 15) is 13.6 Å². The summed E-state index contributed by atoms with van der Waals surface area (Å²) in [4.78, 5) is 12.8. The maximum Gasteiger partial charge on any atom is 0.233 e. The van der Waals surface area contributed by atoms with Crippen LogP contribution in [0.3, 0.4) is 0 Å². The maximum atomic E-state index is 12.8. The van der Waals surface area contributed by atoms with E-state index in [1.165, 1.54) is 36.0 Å². The van der Waals surface area contributed by atoms with E-state index in [4.69, 9.17) is 0 Å². The molecular formula is C17H17F2NOS. The van der Waals surface area contributed by atoms with Crippen molar-refractivity contribution in [2.75, 3.05) is 6.54 Å². The summed E-state index contributed by atoms with van der Waals surface area (Å²) >= 11 is 1.38. The minimum Gasteiger partial charge on any atom is -0.355 e. The summed E-state index contributed by atoms with van der Waals surface area (Å²) < 4.78 is 25.6. The lowest BCUT2D eigenvalue weighted by Crippen LogP contribution is -2.32. The number of hydrogen-bond donors (Lipinski definition) is 1. The highest BCUT2D eigenvalue weighted by Crippen LogP contribution is 2.23. The van der Waals surface area contributed by atoms with Crippen LogP contribution in [0, 0.1) is 11.6 Å². The van der Waals surface area contributed by atoms with Crippen molar-refractivity contribution in [1.29, 1.82) is 0 Å². The van der Waals surface area contributed by atoms with Crippen molar-refractivity contribution < 1.29 is 13.6 Å². The van der Waals surface area contributed by atoms with Crippen LogP contribution in [0.5, 0.6) is 0 Å². The lowest BCUT2D eigenvalue weighted by Gasteiger charge is -2.12. The molecule has 2 aromatic carbocycles. The molecule has 116 valence electrons. The van der Waals surface area contributed by atoms with E-state index in [0.717, 1.165) is 10.5 Å². The molecule has 0 aromatic heterocycles. The van der Waals surface area contributed by atoms with Crippen LogP contribution in [-0.4, -0.2) is 17.7 Å². The zero-order valence-electron chi connectivity index (χ0n) is 12.2. The Morgan fingerprint density at radius 2 is 1.59 bits per heavy atom. The van der Waals surface area contributed by atoms with Gasteiger partial charge in [0.1, 0.15) is 11.6 Å². The first-order chi connectivity index (χ1) is 10.5. The second-order valence-electron chi connectivity index (χ2n) is 4.88. The third-order valence-electron chi connectivity index (χ3n) is 3.12. The van der Waals surface area contributed by atoms with Gasteiger partial charge in [0.05, 0.1) is 5.25 Å². The first-order valence-electron chi connectivity index (χ1n) is 6.99. The van der Waals surface area contributed by atoms with Crippen LogP contribution in [-0.2, 0) is 11.2 Å². The Labute approximate surface area is 132 Å². The summed E-state index contributed by atoms with van der Waals surface area (Å²) in [6.45, 7) is 2.31. The molecule has 2 rings (SSSR count). The summed E-state index contributed by atoms with van der Waals surface area (Å²) in [6.07, 6.45) is 0.653. The van der Waals surface area contributed by atoms with E-state index >= 15 is 0 Å². The first-order valence-corrected chi connectivity index (χ1v) is 7.87. The monoisotopic (exact) mass is 321 g/mol. The van der Waals surface area contributed by atoms with Crippen molar-refractivity contribution in [2.24, 2.45) is 0 Å². The Morgan fingerprint density at radius 3 is 2.18 bits per heavy atom. The van der Waals surface area contributed by atoms with Gasteiger partial charge in [0, 0.05) is 11.4 Å². The molecule has 0 aliphatic rings. The summed E-state index contributed by atoms with van der Waals surface area (Å²) in [6, 6.07) is 12.3. The summed E-state index contributed by atoms with van der Waals surface area (Å²) in [5, 5.41) is 2.58. The highest BCUT2D eigenvalue weighted by atomic mass is 32.2. The Balaban J connectivity index is 1.76. The van der Waals surface area contributed by atoms with E-state index in [1.54, 1.807) is 31.2 Å². The second kappa shape index (κ2) is 7.94. The van der Waals surface area contributed by atoms with Gasteiger partial charge in [0.25, 0.3) is 0 Å². The maximum absolute atomic E-state index is 12.8. The molecule has 0 saturated heterocycles. The molecule has 1 atom stereocenters. The van der Waals surface area contributed by atoms with Gasteiger partial charge >= 0.3 is 0 Å². The summed E-state index contributed by atoms with van der Waals surface area (Å²) in [7, 11) is 0. The molecule has 0 spiro atoms. The van der Waals surface area contributed by atoms with Gasteiger partial charge in [-0.05, 0) is 55.3 Å². The largest absolute Gasteiger partial charge is 0.355 e. The molecule has 0 radical (unpaired) electrons. The van der Waals surface area contributed by atoms with Gasteiger partial charge in [-0.2, -0.15) is 0 Å². The highest BCUT2D eigenvalue weighted by Gasteiger charge is 2.13. The molecule has 0 saturated carbocycles. The second-order valence-corrected chi connectivity index (χ2v) is 6.30. The summed E-state index contributed by atoms with van der Waals surface area (Å²) in [5.74, 6) is -0.630. The Morgan fingerprint density at radius 1 is 1.05 bits per heavy atom. The molecule has 0 aliphatic carbocycles. The van der Waals surface area contributed by atoms with Crippen molar-refractivity contribution >= 4 is 17.7 Å². The number of halogens is 2. The molecule has 2 aromatic rings. The molecule has 5 heteroatoms. The minimum atomic E-state index is -0.291. The average molecular weight is 321 g/mol. The smallest absolute Gasteiger partial charge is 0.233 e. The van der Waals surface area contributed by atoms with E-state index in [1.807, 2.05) is 0 Å². The Bertz CT molecular complexity index is 614. The SMILES string of the molecule is C[C@H](Sc1ccc(F)cc1)C(=O)NCCc1ccc(F)cc1. The van der Waals surface area contributed by atoms with Gasteiger partial charge < -0.3 is 5.32 Å². The number of amides is 1. The number of carbonyl (C=O) groups is 1. The quantitative estimate of drug-likeness (QED) is 0.820. The van der Waals surface area contributed by atoms with Crippen molar-refractivity contribution in [3.63, 3.8) is 0 Å². The normalized spacial score (nSPS) is 12.0. The van der Waals surface area contributed by atoms with E-state index < -0.39 is 0 Å². The van der Waals surface area contributed by atoms with Crippen molar-refractivity contribution in [1.82, 2.24) is 5.32 Å². The highest BCUT2D eigenvalue weighted by molar-refractivity contribution is 8.00. The fourth-order valence-electron chi connectivity index (χ4n) is 1.90. The fourth-order valence-corrected chi connectivity index (χ4v) is 2.79. The van der Waals surface area contributed by atoms with E-state index in [0.29, 0.717) is 13.0 Å². The van der Waals surface area contributed by atoms with Gasteiger partial charge in [0.2, 0.25) is 5.91 Å². The number of rotatable bonds is 6. The third kappa shape index (κ3) is 5.15. The Kier molecular flexibility index (Phi) is 5.95. The predicted molar refractivity (Wildman–Crippen MR) is 84.8 cm³/mol. The van der Waals surface area contributed by atoms with Gasteiger partial charge in [-0.3, -0.25) is 4.79 Å². The van der Waals surface area contributed by atoms with Crippen LogP contribution in [0.2, 0.25) is 0 Å². The molecule has 0 heterocycles. The number of hydrogen-bond acceptors (Lipinski definition) is 2. The van der Waals surface area contributed by atoms with Crippen molar-refractivity contribution in [2.45, 2.75) is 23.5 Å². The topological polar surface area (TPSA) is 29.1 Å². The standard InChI is InChI=1S/C17H17F2NOS/c1-12(22-16-8-6-15(19)7-9-16)17(21)20-11-10-13-2-4-14(18)5-3-13/h2-9,12H,10-11H2,1H3,(H,20,21)/t12-/m0/s1. The van der Waals surface area contributed by atoms with Crippen LogP contribution >= 0.6 is 11.8 Å². The zero-order valence-corrected chi connectivity index (χ0v) is 13.0. The number of benzene rings is 2. The third-order valence-corrected chi connectivity index (χ3v) is 4.23. The minimum absolute atomic E-state index is 0.0727. The molecule has 0 bridgehead atoms. The lowest BCUT2D eigenvalue weighted by atomic mass is 10.1. The molecule has 1 amide bonds. The van der Waals surface area contributed by atoms with Crippen LogP contribution in [0.25, 0.3) is 0 Å². The number of thioether (sulfide) groups is 1. The van der Waals surface area contributed by atoms with Crippen molar-refractivity contribution in [3.8, 4) is 0 Å². The number of carbonyl (C=O) groups excluding carboxylic acids is 1. The lowest BCUT2D eigenvalue weighted by molar-refractivity contribution is -0.120. The van der Waals surface area contributed by atoms with Crippen LogP contribution in [0.1, 0.15) is 12.5 Å². The van der Waals surface area contributed by atoms with Gasteiger partial charge in [0.15, 0.2) is 0 Å². The first kappa shape index (κ1) is 16.5. The molecule has 0 fully saturated rings. The number of nitrogens with one attached hydrogen (secondary N) is 1. The molecule has 1 N–H and O–H groups in total. The average Bonchev–Trinajstić information content (AvgIpc) is 2.51. The molecule has 22 heavy (non-hydrogen) atoms. The summed E-state index contributed by atoms with van der Waals surface area (Å²) in [5.41, 5.74) is 0.973. The van der Waals surface area contributed by atoms with Crippen molar-refractivity contribution in [3.05, 3.63) is 65.7 Å². The van der Waals surface area contributed by atoms with Gasteiger partial charge in [-0.25, -0.2) is 8.78 Å². The predicted octanol–water partition coefficient (Wildman–Crippen LogP) is 3.80. The Hall–Kier alpha value is -1.88. The molecule has 0 unspecified atom stereocenters.